The molecule has 0 aliphatic rings. The summed E-state index contributed by atoms with van der Waals surface area (Å²) in [5, 5.41) is 3.66. The number of aryl methyl sites for hydroxylation is 1. The van der Waals surface area contributed by atoms with E-state index in [9.17, 15) is 0 Å². The van der Waals surface area contributed by atoms with E-state index < -0.39 is 0 Å². The topological polar surface area (TPSA) is 70.5 Å². The number of ether oxygens (including phenoxy) is 2. The zero-order chi connectivity index (χ0) is 12.4. The maximum atomic E-state index is 5.70. The fourth-order valence-corrected chi connectivity index (χ4v) is 1.72. The van der Waals surface area contributed by atoms with Crippen molar-refractivity contribution in [3.63, 3.8) is 0 Å². The summed E-state index contributed by atoms with van der Waals surface area (Å²) in [4.78, 5) is 0. The molecule has 0 saturated heterocycles. The number of methoxy groups -OCH3 is 2. The Labute approximate surface area is 99.1 Å². The van der Waals surface area contributed by atoms with Crippen molar-refractivity contribution in [2.24, 2.45) is 0 Å². The van der Waals surface area contributed by atoms with Crippen molar-refractivity contribution in [2.75, 3.05) is 20.0 Å². The molecule has 5 heteroatoms. The highest BCUT2D eigenvalue weighted by Crippen LogP contribution is 2.37. The highest BCUT2D eigenvalue weighted by atomic mass is 16.5. The van der Waals surface area contributed by atoms with Crippen molar-refractivity contribution in [3.8, 4) is 22.6 Å². The van der Waals surface area contributed by atoms with E-state index in [1.165, 1.54) is 0 Å². The van der Waals surface area contributed by atoms with Crippen LogP contribution in [0.2, 0.25) is 0 Å². The Morgan fingerprint density at radius 3 is 2.35 bits per heavy atom. The minimum Gasteiger partial charge on any atom is -0.496 e. The molecule has 1 heterocycles. The van der Waals surface area contributed by atoms with Crippen LogP contribution >= 0.6 is 0 Å². The van der Waals surface area contributed by atoms with Crippen molar-refractivity contribution < 1.29 is 14.0 Å². The molecule has 0 bridgehead atoms. The standard InChI is InChI=1S/C12H14N2O3/c1-7-4-8(9-6-14-17-12(9)13)11(16-3)5-10(7)15-2/h4-6H,13H2,1-3H3. The van der Waals surface area contributed by atoms with Crippen molar-refractivity contribution in [2.45, 2.75) is 6.92 Å². The van der Waals surface area contributed by atoms with Crippen LogP contribution < -0.4 is 15.2 Å². The van der Waals surface area contributed by atoms with Gasteiger partial charge < -0.3 is 19.7 Å². The molecule has 1 aromatic carbocycles. The predicted octanol–water partition coefficient (Wildman–Crippen LogP) is 2.25. The third-order valence-electron chi connectivity index (χ3n) is 2.61. The Morgan fingerprint density at radius 1 is 1.12 bits per heavy atom. The van der Waals surface area contributed by atoms with Crippen molar-refractivity contribution in [1.29, 1.82) is 0 Å². The summed E-state index contributed by atoms with van der Waals surface area (Å²) in [7, 11) is 3.21. The van der Waals surface area contributed by atoms with Crippen LogP contribution in [0.15, 0.2) is 22.9 Å². The Bertz CT molecular complexity index is 535. The Hall–Kier alpha value is -2.17. The van der Waals surface area contributed by atoms with E-state index in [4.69, 9.17) is 19.7 Å². The maximum absolute atomic E-state index is 5.70. The summed E-state index contributed by atoms with van der Waals surface area (Å²) in [6.07, 6.45) is 1.57. The van der Waals surface area contributed by atoms with Gasteiger partial charge in [-0.2, -0.15) is 0 Å². The van der Waals surface area contributed by atoms with Crippen LogP contribution in [-0.2, 0) is 0 Å². The normalized spacial score (nSPS) is 10.3. The zero-order valence-electron chi connectivity index (χ0n) is 9.98. The van der Waals surface area contributed by atoms with Gasteiger partial charge in [-0.25, -0.2) is 0 Å². The van der Waals surface area contributed by atoms with Crippen LogP contribution in [-0.4, -0.2) is 19.4 Å². The van der Waals surface area contributed by atoms with E-state index in [0.29, 0.717) is 11.3 Å². The van der Waals surface area contributed by atoms with Crippen molar-refractivity contribution in [1.82, 2.24) is 5.16 Å². The van der Waals surface area contributed by atoms with Gasteiger partial charge in [0.05, 0.1) is 26.0 Å². The second-order valence-electron chi connectivity index (χ2n) is 3.63. The molecule has 0 fully saturated rings. The van der Waals surface area contributed by atoms with Crippen molar-refractivity contribution >= 4 is 5.88 Å². The average molecular weight is 234 g/mol. The minimum atomic E-state index is 0.271. The lowest BCUT2D eigenvalue weighted by atomic mass is 10.0. The van der Waals surface area contributed by atoms with Gasteiger partial charge in [0.15, 0.2) is 0 Å². The van der Waals surface area contributed by atoms with Crippen LogP contribution in [0, 0.1) is 6.92 Å². The Balaban J connectivity index is 2.61. The van der Waals surface area contributed by atoms with Crippen LogP contribution in [0.4, 0.5) is 5.88 Å². The van der Waals surface area contributed by atoms with Crippen LogP contribution in [0.25, 0.3) is 11.1 Å². The molecule has 17 heavy (non-hydrogen) atoms. The predicted molar refractivity (Wildman–Crippen MR) is 64.2 cm³/mol. The molecule has 2 aromatic rings. The molecule has 2 rings (SSSR count). The number of nitrogen functional groups attached to an aromatic ring is 1. The number of rotatable bonds is 3. The lowest BCUT2D eigenvalue weighted by Crippen LogP contribution is -1.94. The van der Waals surface area contributed by atoms with E-state index in [2.05, 4.69) is 5.16 Å². The molecule has 0 atom stereocenters. The monoisotopic (exact) mass is 234 g/mol. The molecule has 2 N–H and O–H groups in total. The summed E-state index contributed by atoms with van der Waals surface area (Å²) >= 11 is 0. The first-order valence-corrected chi connectivity index (χ1v) is 5.10. The van der Waals surface area contributed by atoms with Crippen LogP contribution in [0.3, 0.4) is 0 Å². The number of anilines is 1. The minimum absolute atomic E-state index is 0.271. The lowest BCUT2D eigenvalue weighted by molar-refractivity contribution is 0.393. The Morgan fingerprint density at radius 2 is 1.82 bits per heavy atom. The third kappa shape index (κ3) is 1.91. The summed E-state index contributed by atoms with van der Waals surface area (Å²) in [5.41, 5.74) is 8.24. The lowest BCUT2D eigenvalue weighted by Gasteiger charge is -2.11. The number of hydrogen-bond donors (Lipinski definition) is 1. The molecule has 5 nitrogen and oxygen atoms in total. The largest absolute Gasteiger partial charge is 0.496 e. The average Bonchev–Trinajstić information content (AvgIpc) is 2.75. The third-order valence-corrected chi connectivity index (χ3v) is 2.61. The number of aromatic nitrogens is 1. The van der Waals surface area contributed by atoms with Gasteiger partial charge in [0, 0.05) is 11.6 Å². The smallest absolute Gasteiger partial charge is 0.230 e. The van der Waals surface area contributed by atoms with Crippen LogP contribution in [0.5, 0.6) is 11.5 Å². The summed E-state index contributed by atoms with van der Waals surface area (Å²) in [6.45, 7) is 1.95. The number of benzene rings is 1. The van der Waals surface area contributed by atoms with Gasteiger partial charge >= 0.3 is 0 Å². The van der Waals surface area contributed by atoms with Gasteiger partial charge in [0.25, 0.3) is 0 Å². The molecular formula is C12H14N2O3. The fourth-order valence-electron chi connectivity index (χ4n) is 1.72. The molecule has 90 valence electrons. The van der Waals surface area contributed by atoms with Gasteiger partial charge in [-0.05, 0) is 18.6 Å². The van der Waals surface area contributed by atoms with Gasteiger partial charge in [-0.15, -0.1) is 0 Å². The van der Waals surface area contributed by atoms with Gasteiger partial charge in [0.1, 0.15) is 11.5 Å². The molecule has 0 radical (unpaired) electrons. The molecule has 0 amide bonds. The molecule has 0 saturated carbocycles. The van der Waals surface area contributed by atoms with Crippen LogP contribution in [0.1, 0.15) is 5.56 Å². The fraction of sp³-hybridized carbons (Fsp3) is 0.250. The Kier molecular flexibility index (Phi) is 2.91. The summed E-state index contributed by atoms with van der Waals surface area (Å²) in [5.74, 6) is 1.70. The van der Waals surface area contributed by atoms with E-state index in [1.807, 2.05) is 19.1 Å². The molecule has 0 aliphatic heterocycles. The molecule has 0 aliphatic carbocycles. The second-order valence-corrected chi connectivity index (χ2v) is 3.63. The van der Waals surface area contributed by atoms with E-state index >= 15 is 0 Å². The zero-order valence-corrected chi connectivity index (χ0v) is 9.98. The highest BCUT2D eigenvalue weighted by molar-refractivity contribution is 5.78. The molecule has 0 unspecified atom stereocenters. The number of nitrogens with two attached hydrogens (primary N) is 1. The quantitative estimate of drug-likeness (QED) is 0.881. The van der Waals surface area contributed by atoms with Crippen molar-refractivity contribution in [3.05, 3.63) is 23.9 Å². The first-order chi connectivity index (χ1) is 8.17. The number of nitrogens with zero attached hydrogens (tertiary/aromatic N) is 1. The summed E-state index contributed by atoms with van der Waals surface area (Å²) < 4.78 is 15.4. The maximum Gasteiger partial charge on any atom is 0.230 e. The summed E-state index contributed by atoms with van der Waals surface area (Å²) in [6, 6.07) is 3.75. The molecule has 1 aromatic heterocycles. The molecular weight excluding hydrogens is 220 g/mol. The van der Waals surface area contributed by atoms with E-state index in [0.717, 1.165) is 16.9 Å². The number of hydrogen-bond acceptors (Lipinski definition) is 5. The van der Waals surface area contributed by atoms with Gasteiger partial charge in [-0.1, -0.05) is 5.16 Å². The first-order valence-electron chi connectivity index (χ1n) is 5.10. The van der Waals surface area contributed by atoms with Gasteiger partial charge in [-0.3, -0.25) is 0 Å². The SMILES string of the molecule is COc1cc(OC)c(-c2cnoc2N)cc1C. The molecule has 0 spiro atoms. The van der Waals surface area contributed by atoms with E-state index in [-0.39, 0.29) is 5.88 Å². The highest BCUT2D eigenvalue weighted by Gasteiger charge is 2.15. The van der Waals surface area contributed by atoms with E-state index in [1.54, 1.807) is 20.4 Å². The second kappa shape index (κ2) is 4.37. The first kappa shape index (κ1) is 11.3. The van der Waals surface area contributed by atoms with Gasteiger partial charge in [0.2, 0.25) is 5.88 Å².